The maximum atomic E-state index is 11.7. The molecule has 0 aliphatic carbocycles. The summed E-state index contributed by atoms with van der Waals surface area (Å²) in [5.74, 6) is 0. The van der Waals surface area contributed by atoms with Gasteiger partial charge in [0.05, 0.1) is 5.52 Å². The summed E-state index contributed by atoms with van der Waals surface area (Å²) in [6.45, 7) is 3.46. The van der Waals surface area contributed by atoms with E-state index in [0.29, 0.717) is 12.1 Å². The topological polar surface area (TPSA) is 85.8 Å². The molecule has 162 valence electrons. The highest BCUT2D eigenvalue weighted by atomic mass is 16.2. The van der Waals surface area contributed by atoms with Crippen molar-refractivity contribution in [2.24, 2.45) is 0 Å². The number of hydrogen-bond donors (Lipinski definition) is 2. The normalized spacial score (nSPS) is 11.4. The Morgan fingerprint density at radius 2 is 1.43 bits per heavy atom. The third-order valence-electron chi connectivity index (χ3n) is 5.83. The van der Waals surface area contributed by atoms with Gasteiger partial charge >= 0.3 is 5.69 Å². The van der Waals surface area contributed by atoms with Crippen LogP contribution in [0, 0.1) is 6.92 Å². The summed E-state index contributed by atoms with van der Waals surface area (Å²) in [6.07, 6.45) is 14.7. The predicted octanol–water partition coefficient (Wildman–Crippen LogP) is 4.59. The monoisotopic (exact) mass is 410 g/mol. The first-order valence-corrected chi connectivity index (χ1v) is 11.2. The average molecular weight is 411 g/mol. The Morgan fingerprint density at radius 1 is 0.833 bits per heavy atom. The van der Waals surface area contributed by atoms with Crippen LogP contribution < -0.4 is 17.0 Å². The average Bonchev–Trinajstić information content (AvgIpc) is 3.14. The lowest BCUT2D eigenvalue weighted by Gasteiger charge is -2.07. The highest BCUT2D eigenvalue weighted by Crippen LogP contribution is 2.22. The number of nitrogens with one attached hydrogen (secondary N) is 1. The van der Waals surface area contributed by atoms with Gasteiger partial charge in [0, 0.05) is 42.1 Å². The van der Waals surface area contributed by atoms with E-state index in [1.807, 2.05) is 12.1 Å². The number of nitrogens with two attached hydrogens (primary N) is 1. The molecule has 3 N–H and O–H groups in total. The number of aryl methyl sites for hydroxylation is 3. The molecule has 0 atom stereocenters. The summed E-state index contributed by atoms with van der Waals surface area (Å²) in [5.41, 5.74) is 8.11. The van der Waals surface area contributed by atoms with Crippen molar-refractivity contribution in [2.75, 3.05) is 5.73 Å². The number of benzene rings is 1. The molecule has 0 bridgehead atoms. The number of unbranched alkanes of at least 4 members (excludes halogenated alkanes) is 8. The van der Waals surface area contributed by atoms with Crippen LogP contribution in [0.3, 0.4) is 0 Å². The number of aromatic nitrogens is 3. The Bertz CT molecular complexity index is 1060. The van der Waals surface area contributed by atoms with Gasteiger partial charge in [-0.1, -0.05) is 51.0 Å². The van der Waals surface area contributed by atoms with E-state index in [1.54, 1.807) is 17.7 Å². The van der Waals surface area contributed by atoms with Crippen LogP contribution in [0.1, 0.15) is 63.4 Å². The number of fused-ring (bicyclic) bond motifs is 1. The molecule has 2 heterocycles. The maximum absolute atomic E-state index is 11.7. The third-order valence-corrected chi connectivity index (χ3v) is 5.83. The fourth-order valence-corrected chi connectivity index (χ4v) is 4.03. The Kier molecular flexibility index (Phi) is 7.94. The second kappa shape index (κ2) is 10.9. The van der Waals surface area contributed by atoms with Crippen LogP contribution in [-0.2, 0) is 13.1 Å². The van der Waals surface area contributed by atoms with Crippen LogP contribution in [0.2, 0.25) is 0 Å². The van der Waals surface area contributed by atoms with Gasteiger partial charge in [0.2, 0.25) is 0 Å². The fraction of sp³-hybridized carbons (Fsp3) is 0.500. The summed E-state index contributed by atoms with van der Waals surface area (Å²) < 4.78 is 3.92. The Hall–Kier alpha value is -2.76. The molecule has 0 spiro atoms. The van der Waals surface area contributed by atoms with Crippen molar-refractivity contribution in [3.05, 3.63) is 63.1 Å². The molecule has 1 aromatic carbocycles. The quantitative estimate of drug-likeness (QED) is 0.338. The summed E-state index contributed by atoms with van der Waals surface area (Å²) >= 11 is 0. The first kappa shape index (κ1) is 21.9. The van der Waals surface area contributed by atoms with Crippen molar-refractivity contribution < 1.29 is 0 Å². The Balaban J connectivity index is 1.22. The summed E-state index contributed by atoms with van der Waals surface area (Å²) in [5, 5.41) is 1.15. The molecule has 0 aliphatic heterocycles. The number of rotatable bonds is 12. The molecule has 0 radical (unpaired) electrons. The number of H-pyrrole nitrogens is 1. The van der Waals surface area contributed by atoms with Gasteiger partial charge in [0.15, 0.2) is 0 Å². The zero-order chi connectivity index (χ0) is 21.3. The van der Waals surface area contributed by atoms with Crippen LogP contribution in [0.5, 0.6) is 0 Å². The number of anilines is 1. The van der Waals surface area contributed by atoms with Gasteiger partial charge in [-0.3, -0.25) is 9.78 Å². The highest BCUT2D eigenvalue weighted by molar-refractivity contribution is 5.91. The van der Waals surface area contributed by atoms with Crippen molar-refractivity contribution in [1.29, 1.82) is 0 Å². The largest absolute Gasteiger partial charge is 0.398 e. The van der Waals surface area contributed by atoms with Crippen LogP contribution in [0.4, 0.5) is 5.69 Å². The van der Waals surface area contributed by atoms with Crippen LogP contribution in [0.15, 0.2) is 46.2 Å². The van der Waals surface area contributed by atoms with Gasteiger partial charge in [-0.2, -0.15) is 0 Å². The van der Waals surface area contributed by atoms with Crippen molar-refractivity contribution in [2.45, 2.75) is 77.8 Å². The van der Waals surface area contributed by atoms with Crippen molar-refractivity contribution in [3.63, 3.8) is 0 Å². The van der Waals surface area contributed by atoms with Gasteiger partial charge in [0.25, 0.3) is 5.56 Å². The van der Waals surface area contributed by atoms with E-state index in [-0.39, 0.29) is 11.2 Å². The van der Waals surface area contributed by atoms with Crippen LogP contribution >= 0.6 is 0 Å². The third kappa shape index (κ3) is 5.88. The summed E-state index contributed by atoms with van der Waals surface area (Å²) in [6, 6.07) is 8.23. The molecular weight excluding hydrogens is 376 g/mol. The van der Waals surface area contributed by atoms with Crippen LogP contribution in [0.25, 0.3) is 10.9 Å². The first-order chi connectivity index (χ1) is 14.6. The van der Waals surface area contributed by atoms with Crippen molar-refractivity contribution in [3.8, 4) is 0 Å². The lowest BCUT2D eigenvalue weighted by Crippen LogP contribution is -2.30. The molecule has 30 heavy (non-hydrogen) atoms. The summed E-state index contributed by atoms with van der Waals surface area (Å²) in [4.78, 5) is 25.5. The number of hydrogen-bond acceptors (Lipinski definition) is 3. The lowest BCUT2D eigenvalue weighted by atomic mass is 10.1. The smallest absolute Gasteiger partial charge is 0.328 e. The summed E-state index contributed by atoms with van der Waals surface area (Å²) in [7, 11) is 0. The second-order valence-corrected chi connectivity index (χ2v) is 8.24. The number of aromatic amines is 1. The molecule has 6 nitrogen and oxygen atoms in total. The minimum atomic E-state index is -0.304. The van der Waals surface area contributed by atoms with E-state index in [4.69, 9.17) is 5.73 Å². The minimum Gasteiger partial charge on any atom is -0.398 e. The van der Waals surface area contributed by atoms with Gasteiger partial charge in [-0.05, 0) is 38.0 Å². The standard InChI is InChI=1S/C24H34N4O2/c1-19-18-28(24(30)26-23(19)29)16-10-8-6-4-2-3-5-7-9-15-27-17-14-20-21(25)12-11-13-22(20)27/h11-14,17-18H,2-10,15-16,25H2,1H3,(H,26,29,30). The van der Waals surface area contributed by atoms with E-state index in [2.05, 4.69) is 27.9 Å². The second-order valence-electron chi connectivity index (χ2n) is 8.24. The Labute approximate surface area is 177 Å². The maximum Gasteiger partial charge on any atom is 0.328 e. The van der Waals surface area contributed by atoms with E-state index < -0.39 is 0 Å². The van der Waals surface area contributed by atoms with E-state index in [0.717, 1.165) is 30.5 Å². The van der Waals surface area contributed by atoms with E-state index in [9.17, 15) is 9.59 Å². The molecule has 0 saturated carbocycles. The molecule has 0 fully saturated rings. The lowest BCUT2D eigenvalue weighted by molar-refractivity contribution is 0.519. The Morgan fingerprint density at radius 3 is 2.10 bits per heavy atom. The number of nitrogen functional groups attached to an aromatic ring is 1. The van der Waals surface area contributed by atoms with Crippen molar-refractivity contribution >= 4 is 16.6 Å². The van der Waals surface area contributed by atoms with Crippen molar-refractivity contribution in [1.82, 2.24) is 14.1 Å². The fourth-order valence-electron chi connectivity index (χ4n) is 4.03. The molecule has 2 aromatic heterocycles. The minimum absolute atomic E-state index is 0.289. The van der Waals surface area contributed by atoms with Gasteiger partial charge in [0.1, 0.15) is 0 Å². The number of nitrogens with zero attached hydrogens (tertiary/aromatic N) is 2. The highest BCUT2D eigenvalue weighted by Gasteiger charge is 2.03. The molecule has 3 rings (SSSR count). The van der Waals surface area contributed by atoms with Crippen LogP contribution in [-0.4, -0.2) is 14.1 Å². The molecule has 0 aliphatic rings. The van der Waals surface area contributed by atoms with Gasteiger partial charge in [-0.25, -0.2) is 4.79 Å². The molecule has 0 saturated heterocycles. The molecule has 0 amide bonds. The molecular formula is C24H34N4O2. The molecule has 6 heteroatoms. The SMILES string of the molecule is Cc1cn(CCCCCCCCCCCn2ccc3c(N)cccc32)c(=O)[nH]c1=O. The zero-order valence-corrected chi connectivity index (χ0v) is 18.0. The van der Waals surface area contributed by atoms with E-state index >= 15 is 0 Å². The first-order valence-electron chi connectivity index (χ1n) is 11.2. The zero-order valence-electron chi connectivity index (χ0n) is 18.0. The predicted molar refractivity (Wildman–Crippen MR) is 124 cm³/mol. The van der Waals surface area contributed by atoms with Gasteiger partial charge in [-0.15, -0.1) is 0 Å². The van der Waals surface area contributed by atoms with Gasteiger partial charge < -0.3 is 14.9 Å². The molecule has 0 unspecified atom stereocenters. The molecule has 3 aromatic rings. The van der Waals surface area contributed by atoms with E-state index in [1.165, 1.54) is 50.5 Å².